The van der Waals surface area contributed by atoms with Crippen LogP contribution in [-0.2, 0) is 4.74 Å². The zero-order valence-electron chi connectivity index (χ0n) is 10.2. The highest BCUT2D eigenvalue weighted by molar-refractivity contribution is 6.29. The summed E-state index contributed by atoms with van der Waals surface area (Å²) in [4.78, 5) is 6.34. The molecule has 1 N–H and O–H groups in total. The van der Waals surface area contributed by atoms with Crippen molar-refractivity contribution in [1.29, 1.82) is 5.26 Å². The predicted molar refractivity (Wildman–Crippen MR) is 69.7 cm³/mol. The van der Waals surface area contributed by atoms with Gasteiger partial charge in [-0.25, -0.2) is 4.98 Å². The molecule has 0 saturated carbocycles. The Morgan fingerprint density at radius 1 is 1.67 bits per heavy atom. The Kier molecular flexibility index (Phi) is 4.37. The zero-order valence-corrected chi connectivity index (χ0v) is 10.9. The van der Waals surface area contributed by atoms with Gasteiger partial charge in [-0.15, -0.1) is 0 Å². The first-order valence-corrected chi connectivity index (χ1v) is 6.17. The van der Waals surface area contributed by atoms with E-state index in [1.54, 1.807) is 6.07 Å². The van der Waals surface area contributed by atoms with Crippen molar-refractivity contribution in [2.24, 2.45) is 0 Å². The van der Waals surface area contributed by atoms with Gasteiger partial charge in [-0.1, -0.05) is 11.6 Å². The molecule has 5 nitrogen and oxygen atoms in total. The van der Waals surface area contributed by atoms with E-state index in [1.807, 2.05) is 6.07 Å². The van der Waals surface area contributed by atoms with Crippen LogP contribution in [0.1, 0.15) is 5.56 Å². The number of aromatic nitrogens is 1. The van der Waals surface area contributed by atoms with Crippen LogP contribution in [0.25, 0.3) is 0 Å². The minimum atomic E-state index is 0.134. The number of nitriles is 1. The van der Waals surface area contributed by atoms with E-state index in [4.69, 9.17) is 21.6 Å². The predicted octanol–water partition coefficient (Wildman–Crippen LogP) is 1.35. The normalized spacial score (nSPS) is 20.4. The van der Waals surface area contributed by atoms with Gasteiger partial charge in [-0.05, 0) is 19.2 Å². The molecule has 0 aromatic carbocycles. The summed E-state index contributed by atoms with van der Waals surface area (Å²) in [6.07, 6.45) is 0.134. The van der Waals surface area contributed by atoms with E-state index in [0.29, 0.717) is 23.1 Å². The second kappa shape index (κ2) is 6.01. The lowest BCUT2D eigenvalue weighted by Crippen LogP contribution is -2.43. The highest BCUT2D eigenvalue weighted by Gasteiger charge is 2.17. The van der Waals surface area contributed by atoms with Crippen LogP contribution in [0.2, 0.25) is 5.15 Å². The van der Waals surface area contributed by atoms with Crippen LogP contribution in [0.4, 0.5) is 5.82 Å². The third-order valence-electron chi connectivity index (χ3n) is 2.78. The summed E-state index contributed by atoms with van der Waals surface area (Å²) in [6, 6.07) is 5.27. The number of halogens is 1. The van der Waals surface area contributed by atoms with Crippen molar-refractivity contribution < 1.29 is 4.74 Å². The number of rotatable bonds is 3. The number of anilines is 1. The first-order valence-electron chi connectivity index (χ1n) is 5.79. The van der Waals surface area contributed by atoms with Gasteiger partial charge < -0.3 is 15.0 Å². The molecule has 1 aliphatic rings. The van der Waals surface area contributed by atoms with Gasteiger partial charge in [-0.2, -0.15) is 5.26 Å². The molecule has 18 heavy (non-hydrogen) atoms. The first kappa shape index (κ1) is 13.1. The van der Waals surface area contributed by atoms with Crippen molar-refractivity contribution in [3.63, 3.8) is 0 Å². The molecular weight excluding hydrogens is 252 g/mol. The third-order valence-corrected chi connectivity index (χ3v) is 2.97. The van der Waals surface area contributed by atoms with Crippen LogP contribution in [0.15, 0.2) is 12.1 Å². The minimum absolute atomic E-state index is 0.134. The van der Waals surface area contributed by atoms with Gasteiger partial charge in [-0.3, -0.25) is 0 Å². The molecular formula is C12H15ClN4O. The molecule has 6 heteroatoms. The molecule has 0 bridgehead atoms. The van der Waals surface area contributed by atoms with Crippen LogP contribution in [-0.4, -0.2) is 49.3 Å². The number of pyridine rings is 1. The fraction of sp³-hybridized carbons (Fsp3) is 0.500. The van der Waals surface area contributed by atoms with E-state index in [9.17, 15) is 0 Å². The molecule has 0 aliphatic carbocycles. The number of nitrogens with one attached hydrogen (secondary N) is 1. The van der Waals surface area contributed by atoms with Crippen LogP contribution in [0.5, 0.6) is 0 Å². The quantitative estimate of drug-likeness (QED) is 0.837. The monoisotopic (exact) mass is 266 g/mol. The molecule has 1 unspecified atom stereocenters. The lowest BCUT2D eigenvalue weighted by molar-refractivity contribution is -0.0117. The van der Waals surface area contributed by atoms with E-state index in [0.717, 1.165) is 19.7 Å². The summed E-state index contributed by atoms with van der Waals surface area (Å²) in [5.41, 5.74) is 0.499. The summed E-state index contributed by atoms with van der Waals surface area (Å²) in [5, 5.41) is 12.3. The minimum Gasteiger partial charge on any atom is -0.374 e. The van der Waals surface area contributed by atoms with Crippen molar-refractivity contribution in [3.05, 3.63) is 22.8 Å². The van der Waals surface area contributed by atoms with Gasteiger partial charge in [0.15, 0.2) is 0 Å². The summed E-state index contributed by atoms with van der Waals surface area (Å²) in [6.45, 7) is 3.25. The van der Waals surface area contributed by atoms with Crippen LogP contribution >= 0.6 is 11.6 Å². The second-order valence-corrected chi connectivity index (χ2v) is 4.70. The van der Waals surface area contributed by atoms with E-state index >= 15 is 0 Å². The van der Waals surface area contributed by atoms with E-state index in [-0.39, 0.29) is 6.10 Å². The third kappa shape index (κ3) is 3.57. The number of likely N-dealkylation sites (N-methyl/N-ethyl adjacent to an activating group) is 1. The van der Waals surface area contributed by atoms with Crippen molar-refractivity contribution in [2.75, 3.05) is 38.6 Å². The topological polar surface area (TPSA) is 61.2 Å². The Balaban J connectivity index is 1.93. The molecule has 1 aliphatic heterocycles. The molecule has 2 rings (SSSR count). The second-order valence-electron chi connectivity index (χ2n) is 4.31. The van der Waals surface area contributed by atoms with Gasteiger partial charge in [0, 0.05) is 19.6 Å². The smallest absolute Gasteiger partial charge is 0.132 e. The van der Waals surface area contributed by atoms with E-state index < -0.39 is 0 Å². The molecule has 1 aromatic rings. The molecule has 0 radical (unpaired) electrons. The molecule has 0 amide bonds. The van der Waals surface area contributed by atoms with E-state index in [1.165, 1.54) is 6.07 Å². The maximum Gasteiger partial charge on any atom is 0.132 e. The van der Waals surface area contributed by atoms with Gasteiger partial charge >= 0.3 is 0 Å². The largest absolute Gasteiger partial charge is 0.374 e. The Morgan fingerprint density at radius 3 is 3.22 bits per heavy atom. The van der Waals surface area contributed by atoms with Gasteiger partial charge in [0.1, 0.15) is 11.0 Å². The number of morpholine rings is 1. The zero-order chi connectivity index (χ0) is 13.0. The van der Waals surface area contributed by atoms with E-state index in [2.05, 4.69) is 22.2 Å². The Labute approximate surface area is 111 Å². The standard InChI is InChI=1S/C12H15ClN4O/c1-17-2-3-18-10(8-17)7-15-12-5-9(6-14)4-11(13)16-12/h4-5,10H,2-3,7-8H2,1H3,(H,15,16). The molecule has 1 fully saturated rings. The van der Waals surface area contributed by atoms with Crippen LogP contribution in [0, 0.1) is 11.3 Å². The summed E-state index contributed by atoms with van der Waals surface area (Å²) in [7, 11) is 2.07. The Morgan fingerprint density at radius 2 is 2.50 bits per heavy atom. The SMILES string of the molecule is CN1CCOC(CNc2cc(C#N)cc(Cl)n2)C1. The number of ether oxygens (including phenoxy) is 1. The first-order chi connectivity index (χ1) is 8.67. The van der Waals surface area contributed by atoms with Gasteiger partial charge in [0.25, 0.3) is 0 Å². The molecule has 2 heterocycles. The molecule has 96 valence electrons. The fourth-order valence-electron chi connectivity index (χ4n) is 1.86. The number of hydrogen-bond acceptors (Lipinski definition) is 5. The van der Waals surface area contributed by atoms with Gasteiger partial charge in [0.05, 0.1) is 24.3 Å². The highest BCUT2D eigenvalue weighted by Crippen LogP contribution is 2.14. The lowest BCUT2D eigenvalue weighted by atomic mass is 10.2. The van der Waals surface area contributed by atoms with Crippen molar-refractivity contribution in [3.8, 4) is 6.07 Å². The van der Waals surface area contributed by atoms with Crippen LogP contribution in [0.3, 0.4) is 0 Å². The summed E-state index contributed by atoms with van der Waals surface area (Å²) < 4.78 is 5.63. The lowest BCUT2D eigenvalue weighted by Gasteiger charge is -2.30. The average molecular weight is 267 g/mol. The number of hydrogen-bond donors (Lipinski definition) is 1. The molecule has 1 aromatic heterocycles. The highest BCUT2D eigenvalue weighted by atomic mass is 35.5. The maximum atomic E-state index is 8.84. The Hall–Kier alpha value is -1.35. The maximum absolute atomic E-state index is 8.84. The fourth-order valence-corrected chi connectivity index (χ4v) is 2.07. The molecule has 0 spiro atoms. The van der Waals surface area contributed by atoms with Crippen molar-refractivity contribution >= 4 is 17.4 Å². The molecule has 1 saturated heterocycles. The van der Waals surface area contributed by atoms with Crippen LogP contribution < -0.4 is 5.32 Å². The van der Waals surface area contributed by atoms with Crippen molar-refractivity contribution in [2.45, 2.75) is 6.10 Å². The van der Waals surface area contributed by atoms with Crippen molar-refractivity contribution in [1.82, 2.24) is 9.88 Å². The number of nitrogens with zero attached hydrogens (tertiary/aromatic N) is 3. The average Bonchev–Trinajstić information content (AvgIpc) is 2.36. The van der Waals surface area contributed by atoms with Gasteiger partial charge in [0.2, 0.25) is 0 Å². The molecule has 1 atom stereocenters. The Bertz CT molecular complexity index is 460. The summed E-state index contributed by atoms with van der Waals surface area (Å²) in [5.74, 6) is 0.607. The summed E-state index contributed by atoms with van der Waals surface area (Å²) >= 11 is 5.83.